The molecular weight excluding hydrogens is 236 g/mol. The van der Waals surface area contributed by atoms with Gasteiger partial charge >= 0.3 is 0 Å². The van der Waals surface area contributed by atoms with E-state index in [-0.39, 0.29) is 99.2 Å². The van der Waals surface area contributed by atoms with Crippen LogP contribution in [0, 0.1) is 0 Å². The van der Waals surface area contributed by atoms with Crippen LogP contribution in [0.25, 0.3) is 0 Å². The molecule has 0 bridgehead atoms. The molecule has 0 atom stereocenters. The van der Waals surface area contributed by atoms with E-state index in [1.807, 2.05) is 0 Å². The van der Waals surface area contributed by atoms with Crippen molar-refractivity contribution < 1.29 is 64.5 Å². The van der Waals surface area contributed by atoms with Crippen LogP contribution in [0.2, 0.25) is 0 Å². The number of hydrogen-bond acceptors (Lipinski definition) is 0. The predicted octanol–water partition coefficient (Wildman–Crippen LogP) is -1.36. The summed E-state index contributed by atoms with van der Waals surface area (Å²) in [5, 5.41) is 0. The molecule has 0 N–H and O–H groups in total. The third-order valence-corrected chi connectivity index (χ3v) is 0. The molecule has 0 saturated heterocycles. The number of rotatable bonds is 0. The van der Waals surface area contributed by atoms with Gasteiger partial charge in [-0.25, -0.2) is 0 Å². The summed E-state index contributed by atoms with van der Waals surface area (Å²) in [7, 11) is 0. The second-order valence-electron chi connectivity index (χ2n) is 0. The van der Waals surface area contributed by atoms with Crippen LogP contribution in [0.3, 0.4) is 0 Å². The standard InChI is InChI=1S/2Al.5O.2V/q;;5*-2;;. The van der Waals surface area contributed by atoms with E-state index in [0.717, 1.165) is 0 Å². The van der Waals surface area contributed by atoms with Crippen LogP contribution in [0.5, 0.6) is 0 Å². The Morgan fingerprint density at radius 1 is 0.333 bits per heavy atom. The van der Waals surface area contributed by atoms with Crippen molar-refractivity contribution in [2.75, 3.05) is 0 Å². The van der Waals surface area contributed by atoms with E-state index in [2.05, 4.69) is 0 Å². The molecule has 56 valence electrons. The molecule has 0 rings (SSSR count). The van der Waals surface area contributed by atoms with Gasteiger partial charge in [0, 0.05) is 71.8 Å². The molecule has 0 amide bonds. The summed E-state index contributed by atoms with van der Waals surface area (Å²) in [5.74, 6) is 0. The molecule has 0 aromatic heterocycles. The van der Waals surface area contributed by atoms with Gasteiger partial charge in [0.25, 0.3) is 0 Å². The first-order valence-electron chi connectivity index (χ1n) is 0. The van der Waals surface area contributed by atoms with Crippen molar-refractivity contribution in [1.82, 2.24) is 0 Å². The maximum atomic E-state index is 0. The van der Waals surface area contributed by atoms with Crippen molar-refractivity contribution in [3.63, 3.8) is 0 Å². The molecule has 0 aromatic carbocycles. The summed E-state index contributed by atoms with van der Waals surface area (Å²) in [6.45, 7) is 0. The molecule has 0 aliphatic rings. The molecule has 0 fully saturated rings. The van der Waals surface area contributed by atoms with Gasteiger partial charge in [0.05, 0.1) is 0 Å². The second kappa shape index (κ2) is 198. The van der Waals surface area contributed by atoms with Crippen molar-refractivity contribution in [3.05, 3.63) is 0 Å². The maximum absolute atomic E-state index is 0. The average Bonchev–Trinajstić information content (AvgIpc) is 0. The second-order valence-corrected chi connectivity index (χ2v) is 0. The van der Waals surface area contributed by atoms with E-state index in [9.17, 15) is 0 Å². The minimum Gasteiger partial charge on any atom is -2.00 e. The van der Waals surface area contributed by atoms with Crippen LogP contribution in [-0.2, 0) is 64.5 Å². The van der Waals surface area contributed by atoms with Crippen molar-refractivity contribution in [2.45, 2.75) is 0 Å². The monoisotopic (exact) mass is 236 g/mol. The fourth-order valence-electron chi connectivity index (χ4n) is 0. The SMILES string of the molecule is [Al].[Al].[O-2].[O-2].[O-2].[O-2].[O-2].[V].[V]. The Labute approximate surface area is 98.5 Å². The van der Waals surface area contributed by atoms with Crippen LogP contribution < -0.4 is 0 Å². The first-order chi connectivity index (χ1) is 0. The van der Waals surface area contributed by atoms with Crippen molar-refractivity contribution >= 4 is 34.7 Å². The Bertz CT molecular complexity index is 12.9. The fourth-order valence-corrected chi connectivity index (χ4v) is 0. The number of hydrogen-bond donors (Lipinski definition) is 0. The minimum atomic E-state index is 0. The molecule has 0 aliphatic carbocycles. The molecule has 0 spiro atoms. The summed E-state index contributed by atoms with van der Waals surface area (Å²) < 4.78 is 0. The molecule has 0 aliphatic heterocycles. The summed E-state index contributed by atoms with van der Waals surface area (Å²) in [4.78, 5) is 0. The molecule has 0 unspecified atom stereocenters. The maximum Gasteiger partial charge on any atom is 0 e. The van der Waals surface area contributed by atoms with E-state index in [4.69, 9.17) is 0 Å². The molecule has 0 saturated carbocycles. The molecule has 5 nitrogen and oxygen atoms in total. The van der Waals surface area contributed by atoms with Crippen LogP contribution in [0.15, 0.2) is 0 Å². The van der Waals surface area contributed by atoms with Crippen LogP contribution in [0.4, 0.5) is 0 Å². The van der Waals surface area contributed by atoms with Gasteiger partial charge in [-0.1, -0.05) is 0 Å². The third kappa shape index (κ3) is 157. The molecule has 9 heavy (non-hydrogen) atoms. The predicted molar refractivity (Wildman–Crippen MR) is 14.9 cm³/mol. The first-order valence-corrected chi connectivity index (χ1v) is 0. The quantitative estimate of drug-likeness (QED) is 0.457. The fraction of sp³-hybridized carbons (Fsp3) is 0. The van der Waals surface area contributed by atoms with Gasteiger partial charge in [-0.05, 0) is 0 Å². The first kappa shape index (κ1) is 269. The van der Waals surface area contributed by atoms with E-state index in [1.165, 1.54) is 0 Å². The van der Waals surface area contributed by atoms with Gasteiger partial charge in [-0.2, -0.15) is 0 Å². The van der Waals surface area contributed by atoms with E-state index in [1.54, 1.807) is 0 Å². The molecular formula is Al2O5V2-10. The van der Waals surface area contributed by atoms with Crippen molar-refractivity contribution in [3.8, 4) is 0 Å². The third-order valence-electron chi connectivity index (χ3n) is 0. The van der Waals surface area contributed by atoms with Gasteiger partial charge in [-0.15, -0.1) is 0 Å². The van der Waals surface area contributed by atoms with Crippen molar-refractivity contribution in [1.29, 1.82) is 0 Å². The van der Waals surface area contributed by atoms with E-state index in [0.29, 0.717) is 0 Å². The van der Waals surface area contributed by atoms with Crippen molar-refractivity contribution in [2.24, 2.45) is 0 Å². The van der Waals surface area contributed by atoms with Crippen LogP contribution >= 0.6 is 0 Å². The van der Waals surface area contributed by atoms with Gasteiger partial charge < -0.3 is 27.4 Å². The zero-order valence-electron chi connectivity index (χ0n) is 4.09. The Kier molecular flexibility index (Phi) is 5910. The summed E-state index contributed by atoms with van der Waals surface area (Å²) in [6.07, 6.45) is 0. The van der Waals surface area contributed by atoms with Crippen LogP contribution in [0.1, 0.15) is 0 Å². The Morgan fingerprint density at radius 2 is 0.333 bits per heavy atom. The largest absolute Gasteiger partial charge is 2.00 e. The van der Waals surface area contributed by atoms with Gasteiger partial charge in [-0.3, -0.25) is 0 Å². The Hall–Kier alpha value is 2.03. The molecule has 8 radical (unpaired) electrons. The van der Waals surface area contributed by atoms with Gasteiger partial charge in [0.1, 0.15) is 0 Å². The Morgan fingerprint density at radius 3 is 0.333 bits per heavy atom. The van der Waals surface area contributed by atoms with E-state index >= 15 is 0 Å². The molecule has 9 heteroatoms. The van der Waals surface area contributed by atoms with Gasteiger partial charge in [0.15, 0.2) is 0 Å². The normalized spacial score (nSPS) is 0. The Balaban J connectivity index is 0. The topological polar surface area (TPSA) is 142 Å². The summed E-state index contributed by atoms with van der Waals surface area (Å²) in [5.41, 5.74) is 0. The molecule has 0 aromatic rings. The summed E-state index contributed by atoms with van der Waals surface area (Å²) >= 11 is 0. The molecule has 0 heterocycles. The summed E-state index contributed by atoms with van der Waals surface area (Å²) in [6, 6.07) is 0. The van der Waals surface area contributed by atoms with Crippen LogP contribution in [-0.4, -0.2) is 34.7 Å². The average molecular weight is 236 g/mol. The van der Waals surface area contributed by atoms with Gasteiger partial charge in [0.2, 0.25) is 0 Å². The van der Waals surface area contributed by atoms with E-state index < -0.39 is 0 Å². The smallest absolute Gasteiger partial charge is 0 e. The zero-order valence-corrected chi connectivity index (χ0v) is 9.19. The zero-order chi connectivity index (χ0) is 0. The minimum absolute atomic E-state index is 0.